The SMILES string of the molecule is Cc1ccc(CC(=O)N(C)[C@@H]2CCO[C@@H](c3ccc(F)cc3)C2)s1. The lowest BCUT2D eigenvalue weighted by molar-refractivity contribution is -0.134. The summed E-state index contributed by atoms with van der Waals surface area (Å²) < 4.78 is 18.9. The highest BCUT2D eigenvalue weighted by Crippen LogP contribution is 2.30. The van der Waals surface area contributed by atoms with E-state index in [9.17, 15) is 9.18 Å². The van der Waals surface area contributed by atoms with Crippen molar-refractivity contribution in [3.8, 4) is 0 Å². The number of hydrogen-bond acceptors (Lipinski definition) is 3. The van der Waals surface area contributed by atoms with Crippen molar-refractivity contribution in [3.63, 3.8) is 0 Å². The number of aryl methyl sites for hydroxylation is 1. The zero-order valence-corrected chi connectivity index (χ0v) is 14.8. The minimum absolute atomic E-state index is 0.0800. The van der Waals surface area contributed by atoms with Crippen molar-refractivity contribution in [1.29, 1.82) is 0 Å². The van der Waals surface area contributed by atoms with Crippen LogP contribution in [0.15, 0.2) is 36.4 Å². The Kier molecular flexibility index (Phi) is 5.31. The number of rotatable bonds is 4. The van der Waals surface area contributed by atoms with Crippen molar-refractivity contribution < 1.29 is 13.9 Å². The van der Waals surface area contributed by atoms with Crippen LogP contribution in [0.5, 0.6) is 0 Å². The predicted molar refractivity (Wildman–Crippen MR) is 93.6 cm³/mol. The lowest BCUT2D eigenvalue weighted by Gasteiger charge is -2.35. The Hall–Kier alpha value is -1.72. The molecule has 0 unspecified atom stereocenters. The minimum Gasteiger partial charge on any atom is -0.373 e. The summed E-state index contributed by atoms with van der Waals surface area (Å²) in [6.07, 6.45) is 1.96. The van der Waals surface area contributed by atoms with Gasteiger partial charge in [0.05, 0.1) is 12.5 Å². The smallest absolute Gasteiger partial charge is 0.227 e. The highest BCUT2D eigenvalue weighted by atomic mass is 32.1. The van der Waals surface area contributed by atoms with Gasteiger partial charge >= 0.3 is 0 Å². The van der Waals surface area contributed by atoms with Gasteiger partial charge in [0.25, 0.3) is 0 Å². The van der Waals surface area contributed by atoms with Crippen LogP contribution in [0.3, 0.4) is 0 Å². The quantitative estimate of drug-likeness (QED) is 0.833. The van der Waals surface area contributed by atoms with Crippen LogP contribution in [0, 0.1) is 12.7 Å². The van der Waals surface area contributed by atoms with E-state index >= 15 is 0 Å². The van der Waals surface area contributed by atoms with Crippen molar-refractivity contribution in [2.24, 2.45) is 0 Å². The molecule has 24 heavy (non-hydrogen) atoms. The summed E-state index contributed by atoms with van der Waals surface area (Å²) in [6.45, 7) is 2.66. The molecule has 1 aromatic heterocycles. The van der Waals surface area contributed by atoms with Crippen LogP contribution in [-0.2, 0) is 16.0 Å². The van der Waals surface area contributed by atoms with E-state index in [1.807, 2.05) is 31.0 Å². The summed E-state index contributed by atoms with van der Waals surface area (Å²) >= 11 is 1.67. The van der Waals surface area contributed by atoms with E-state index < -0.39 is 0 Å². The molecule has 1 amide bonds. The van der Waals surface area contributed by atoms with Gasteiger partial charge in [-0.25, -0.2) is 4.39 Å². The zero-order valence-electron chi connectivity index (χ0n) is 14.0. The number of ether oxygens (including phenoxy) is 1. The Balaban J connectivity index is 1.62. The lowest BCUT2D eigenvalue weighted by atomic mass is 9.96. The van der Waals surface area contributed by atoms with E-state index in [-0.39, 0.29) is 23.9 Å². The van der Waals surface area contributed by atoms with Gasteiger partial charge in [-0.15, -0.1) is 11.3 Å². The molecule has 1 fully saturated rings. The number of hydrogen-bond donors (Lipinski definition) is 0. The Morgan fingerprint density at radius 1 is 1.29 bits per heavy atom. The second-order valence-electron chi connectivity index (χ2n) is 6.28. The monoisotopic (exact) mass is 347 g/mol. The van der Waals surface area contributed by atoms with Crippen LogP contribution in [0.4, 0.5) is 4.39 Å². The molecule has 3 nitrogen and oxygen atoms in total. The first-order valence-electron chi connectivity index (χ1n) is 8.21. The zero-order chi connectivity index (χ0) is 17.1. The van der Waals surface area contributed by atoms with Gasteiger partial charge in [-0.3, -0.25) is 4.79 Å². The van der Waals surface area contributed by atoms with Gasteiger partial charge in [-0.05, 0) is 49.6 Å². The van der Waals surface area contributed by atoms with Crippen LogP contribution >= 0.6 is 11.3 Å². The third kappa shape index (κ3) is 4.02. The minimum atomic E-state index is -0.246. The first-order valence-corrected chi connectivity index (χ1v) is 9.02. The number of thiophene rings is 1. The average molecular weight is 347 g/mol. The van der Waals surface area contributed by atoms with Crippen molar-refractivity contribution in [2.75, 3.05) is 13.7 Å². The van der Waals surface area contributed by atoms with E-state index in [2.05, 4.69) is 0 Å². The fraction of sp³-hybridized carbons (Fsp3) is 0.421. The molecular weight excluding hydrogens is 325 g/mol. The summed E-state index contributed by atoms with van der Waals surface area (Å²) in [5, 5.41) is 0. The Morgan fingerprint density at radius 3 is 2.71 bits per heavy atom. The topological polar surface area (TPSA) is 29.5 Å². The first kappa shape index (κ1) is 17.1. The second kappa shape index (κ2) is 7.45. The molecular formula is C19H22FNO2S. The average Bonchev–Trinajstić information content (AvgIpc) is 3.00. The van der Waals surface area contributed by atoms with E-state index in [4.69, 9.17) is 4.74 Å². The van der Waals surface area contributed by atoms with Gasteiger partial charge < -0.3 is 9.64 Å². The summed E-state index contributed by atoms with van der Waals surface area (Å²) in [7, 11) is 1.88. The largest absolute Gasteiger partial charge is 0.373 e. The van der Waals surface area contributed by atoms with E-state index in [0.29, 0.717) is 13.0 Å². The summed E-state index contributed by atoms with van der Waals surface area (Å²) in [5.74, 6) is -0.105. The van der Waals surface area contributed by atoms with Crippen molar-refractivity contribution in [2.45, 2.75) is 38.3 Å². The Morgan fingerprint density at radius 2 is 2.04 bits per heavy atom. The molecule has 3 rings (SSSR count). The van der Waals surface area contributed by atoms with Gasteiger partial charge in [0.1, 0.15) is 5.82 Å². The van der Waals surface area contributed by atoms with Crippen LogP contribution < -0.4 is 0 Å². The second-order valence-corrected chi connectivity index (χ2v) is 7.66. The number of likely N-dealkylation sites (N-methyl/N-ethyl adjacent to an activating group) is 1. The molecule has 2 atom stereocenters. The van der Waals surface area contributed by atoms with Crippen molar-refractivity contribution in [3.05, 3.63) is 57.5 Å². The van der Waals surface area contributed by atoms with Gasteiger partial charge in [0, 0.05) is 29.5 Å². The van der Waals surface area contributed by atoms with Gasteiger partial charge in [0.2, 0.25) is 5.91 Å². The molecule has 1 aliphatic rings. The number of nitrogens with zero attached hydrogens (tertiary/aromatic N) is 1. The molecule has 0 spiro atoms. The molecule has 0 aliphatic carbocycles. The standard InChI is InChI=1S/C19H22FNO2S/c1-13-3-8-17(24-13)12-19(22)21(2)16-9-10-23-18(11-16)14-4-6-15(20)7-5-14/h3-8,16,18H,9-12H2,1-2H3/t16-,18-/m1/s1. The molecule has 2 heterocycles. The fourth-order valence-electron chi connectivity index (χ4n) is 3.10. The maximum absolute atomic E-state index is 13.1. The molecule has 0 saturated carbocycles. The number of halogens is 1. The predicted octanol–water partition coefficient (Wildman–Crippen LogP) is 4.12. The highest BCUT2D eigenvalue weighted by molar-refractivity contribution is 7.12. The number of carbonyl (C=O) groups excluding carboxylic acids is 1. The Bertz CT molecular complexity index is 698. The molecule has 5 heteroatoms. The van der Waals surface area contributed by atoms with E-state index in [1.165, 1.54) is 17.0 Å². The van der Waals surface area contributed by atoms with Crippen LogP contribution in [-0.4, -0.2) is 30.5 Å². The number of carbonyl (C=O) groups is 1. The molecule has 128 valence electrons. The molecule has 1 aliphatic heterocycles. The van der Waals surface area contributed by atoms with Gasteiger partial charge in [-0.1, -0.05) is 12.1 Å². The van der Waals surface area contributed by atoms with Gasteiger partial charge in [0.15, 0.2) is 0 Å². The number of benzene rings is 1. The third-order valence-electron chi connectivity index (χ3n) is 4.56. The van der Waals surface area contributed by atoms with Crippen molar-refractivity contribution in [1.82, 2.24) is 4.90 Å². The first-order chi connectivity index (χ1) is 11.5. The van der Waals surface area contributed by atoms with E-state index in [1.54, 1.807) is 23.5 Å². The number of amides is 1. The molecule has 0 radical (unpaired) electrons. The van der Waals surface area contributed by atoms with Gasteiger partial charge in [-0.2, -0.15) is 0 Å². The highest BCUT2D eigenvalue weighted by Gasteiger charge is 2.29. The lowest BCUT2D eigenvalue weighted by Crippen LogP contribution is -2.42. The van der Waals surface area contributed by atoms with Crippen LogP contribution in [0.2, 0.25) is 0 Å². The molecule has 2 aromatic rings. The van der Waals surface area contributed by atoms with Crippen LogP contribution in [0.1, 0.15) is 34.3 Å². The third-order valence-corrected chi connectivity index (χ3v) is 5.56. The van der Waals surface area contributed by atoms with Crippen LogP contribution in [0.25, 0.3) is 0 Å². The normalized spacial score (nSPS) is 20.8. The van der Waals surface area contributed by atoms with E-state index in [0.717, 1.165) is 23.3 Å². The summed E-state index contributed by atoms with van der Waals surface area (Å²) in [4.78, 5) is 16.7. The fourth-order valence-corrected chi connectivity index (χ4v) is 3.98. The molecule has 0 N–H and O–H groups in total. The van der Waals surface area contributed by atoms with Crippen molar-refractivity contribution >= 4 is 17.2 Å². The Labute approximate surface area is 146 Å². The maximum atomic E-state index is 13.1. The maximum Gasteiger partial charge on any atom is 0.227 e. The molecule has 1 aromatic carbocycles. The summed E-state index contributed by atoms with van der Waals surface area (Å²) in [6, 6.07) is 10.7. The molecule has 0 bridgehead atoms. The molecule has 1 saturated heterocycles. The summed E-state index contributed by atoms with van der Waals surface area (Å²) in [5.41, 5.74) is 0.968.